The van der Waals surface area contributed by atoms with Crippen LogP contribution in [0.4, 0.5) is 0 Å². The van der Waals surface area contributed by atoms with Crippen LogP contribution in [0.15, 0.2) is 28.2 Å². The molecule has 4 nitrogen and oxygen atoms in total. The highest BCUT2D eigenvalue weighted by atomic mass is 79.9. The molecule has 108 valence electrons. The molecular weight excluding hydrogens is 340 g/mol. The summed E-state index contributed by atoms with van der Waals surface area (Å²) in [5.74, 6) is 1.43. The van der Waals surface area contributed by atoms with Crippen LogP contribution in [0, 0.1) is 0 Å². The van der Waals surface area contributed by atoms with E-state index in [2.05, 4.69) is 33.2 Å². The van der Waals surface area contributed by atoms with Crippen molar-refractivity contribution in [3.8, 4) is 11.5 Å². The lowest BCUT2D eigenvalue weighted by Crippen LogP contribution is -2.18. The molecule has 0 bridgehead atoms. The maximum absolute atomic E-state index is 5.34. The summed E-state index contributed by atoms with van der Waals surface area (Å²) in [7, 11) is 3.27. The van der Waals surface area contributed by atoms with E-state index in [9.17, 15) is 0 Å². The number of hydrogen-bond acceptors (Lipinski definition) is 5. The Morgan fingerprint density at radius 2 is 2.15 bits per heavy atom. The van der Waals surface area contributed by atoms with Gasteiger partial charge in [-0.1, -0.05) is 0 Å². The second kappa shape index (κ2) is 7.06. The van der Waals surface area contributed by atoms with Gasteiger partial charge in [-0.25, -0.2) is 4.98 Å². The largest absolute Gasteiger partial charge is 0.493 e. The number of benzene rings is 1. The van der Waals surface area contributed by atoms with E-state index >= 15 is 0 Å². The van der Waals surface area contributed by atoms with Crippen LogP contribution >= 0.6 is 27.3 Å². The molecule has 0 fully saturated rings. The van der Waals surface area contributed by atoms with Crippen molar-refractivity contribution in [2.24, 2.45) is 0 Å². The van der Waals surface area contributed by atoms with E-state index in [1.54, 1.807) is 25.6 Å². The molecule has 6 heteroatoms. The Hall–Kier alpha value is -1.11. The topological polar surface area (TPSA) is 43.4 Å². The van der Waals surface area contributed by atoms with Gasteiger partial charge in [-0.3, -0.25) is 0 Å². The Balaban J connectivity index is 2.08. The lowest BCUT2D eigenvalue weighted by atomic mass is 10.2. The number of nitrogens with one attached hydrogen (secondary N) is 1. The molecule has 0 saturated carbocycles. The average molecular weight is 357 g/mol. The zero-order valence-corrected chi connectivity index (χ0v) is 14.0. The van der Waals surface area contributed by atoms with E-state index in [0.29, 0.717) is 5.75 Å². The molecule has 0 amide bonds. The summed E-state index contributed by atoms with van der Waals surface area (Å²) < 4.78 is 11.5. The first-order valence-corrected chi connectivity index (χ1v) is 7.86. The van der Waals surface area contributed by atoms with Gasteiger partial charge in [0.1, 0.15) is 5.01 Å². The monoisotopic (exact) mass is 356 g/mol. The third-order valence-corrected chi connectivity index (χ3v) is 4.47. The van der Waals surface area contributed by atoms with E-state index < -0.39 is 0 Å². The Labute approximate surface area is 131 Å². The van der Waals surface area contributed by atoms with Crippen LogP contribution in [-0.2, 0) is 6.54 Å². The van der Waals surface area contributed by atoms with Gasteiger partial charge in [-0.2, -0.15) is 0 Å². The van der Waals surface area contributed by atoms with Crippen molar-refractivity contribution in [2.45, 2.75) is 19.5 Å². The van der Waals surface area contributed by atoms with Crippen molar-refractivity contribution in [1.82, 2.24) is 10.3 Å². The molecule has 1 atom stereocenters. The molecular formula is C14H17BrN2O2S. The zero-order valence-electron chi connectivity index (χ0n) is 11.6. The molecule has 0 aliphatic heterocycles. The van der Waals surface area contributed by atoms with Crippen molar-refractivity contribution < 1.29 is 9.47 Å². The Morgan fingerprint density at radius 3 is 2.75 bits per heavy atom. The summed E-state index contributed by atoms with van der Waals surface area (Å²) in [6.45, 7) is 2.84. The fourth-order valence-corrected chi connectivity index (χ4v) is 3.20. The average Bonchev–Trinajstić information content (AvgIpc) is 2.98. The molecule has 1 aromatic carbocycles. The van der Waals surface area contributed by atoms with Gasteiger partial charge >= 0.3 is 0 Å². The van der Waals surface area contributed by atoms with E-state index in [-0.39, 0.29) is 6.04 Å². The Bertz CT molecular complexity index is 561. The predicted molar refractivity (Wildman–Crippen MR) is 84.6 cm³/mol. The van der Waals surface area contributed by atoms with Crippen LogP contribution < -0.4 is 14.8 Å². The molecule has 1 unspecified atom stereocenters. The Kier molecular flexibility index (Phi) is 5.39. The number of aromatic nitrogens is 1. The number of hydrogen-bond donors (Lipinski definition) is 1. The fraction of sp³-hybridized carbons (Fsp3) is 0.357. The second-order valence-corrected chi connectivity index (χ2v) is 6.07. The minimum atomic E-state index is 0.224. The highest BCUT2D eigenvalue weighted by molar-refractivity contribution is 9.10. The van der Waals surface area contributed by atoms with Crippen LogP contribution in [-0.4, -0.2) is 19.2 Å². The summed E-state index contributed by atoms with van der Waals surface area (Å²) in [5, 5.41) is 6.52. The van der Waals surface area contributed by atoms with Crippen LogP contribution in [0.25, 0.3) is 0 Å². The molecule has 0 spiro atoms. The van der Waals surface area contributed by atoms with E-state index in [1.165, 1.54) is 0 Å². The van der Waals surface area contributed by atoms with Gasteiger partial charge in [0.25, 0.3) is 0 Å². The SMILES string of the molecule is COc1cc(CNC(C)c2nccs2)cc(Br)c1OC. The van der Waals surface area contributed by atoms with Gasteiger partial charge in [0.15, 0.2) is 11.5 Å². The second-order valence-electron chi connectivity index (χ2n) is 4.29. The Morgan fingerprint density at radius 1 is 1.35 bits per heavy atom. The fourth-order valence-electron chi connectivity index (χ4n) is 1.88. The quantitative estimate of drug-likeness (QED) is 0.855. The molecule has 0 saturated heterocycles. The number of thiazole rings is 1. The van der Waals surface area contributed by atoms with Crippen LogP contribution in [0.3, 0.4) is 0 Å². The predicted octanol–water partition coefficient (Wildman–Crippen LogP) is 3.77. The highest BCUT2D eigenvalue weighted by Gasteiger charge is 2.12. The number of halogens is 1. The van der Waals surface area contributed by atoms with Gasteiger partial charge in [0, 0.05) is 18.1 Å². The van der Waals surface area contributed by atoms with Crippen LogP contribution in [0.2, 0.25) is 0 Å². The van der Waals surface area contributed by atoms with Gasteiger partial charge in [-0.15, -0.1) is 11.3 Å². The molecule has 0 aliphatic carbocycles. The number of rotatable bonds is 6. The summed E-state index contributed by atoms with van der Waals surface area (Å²) >= 11 is 5.16. The first-order valence-electron chi connectivity index (χ1n) is 6.19. The van der Waals surface area contributed by atoms with Crippen molar-refractivity contribution in [3.63, 3.8) is 0 Å². The van der Waals surface area contributed by atoms with Crippen LogP contribution in [0.5, 0.6) is 11.5 Å². The van der Waals surface area contributed by atoms with Gasteiger partial charge < -0.3 is 14.8 Å². The van der Waals surface area contributed by atoms with Gasteiger partial charge in [0.05, 0.1) is 24.7 Å². The van der Waals surface area contributed by atoms with Crippen molar-refractivity contribution in [3.05, 3.63) is 38.8 Å². The molecule has 1 aromatic heterocycles. The molecule has 1 heterocycles. The normalized spacial score (nSPS) is 12.2. The molecule has 2 rings (SSSR count). The number of ether oxygens (including phenoxy) is 2. The van der Waals surface area contributed by atoms with Crippen molar-refractivity contribution in [2.75, 3.05) is 14.2 Å². The maximum Gasteiger partial charge on any atom is 0.174 e. The minimum absolute atomic E-state index is 0.224. The first kappa shape index (κ1) is 15.3. The zero-order chi connectivity index (χ0) is 14.5. The number of nitrogens with zero attached hydrogens (tertiary/aromatic N) is 1. The summed E-state index contributed by atoms with van der Waals surface area (Å²) in [6.07, 6.45) is 1.82. The standard InChI is InChI=1S/C14H17BrN2O2S/c1-9(14-16-4-5-20-14)17-8-10-6-11(15)13(19-3)12(7-10)18-2/h4-7,9,17H,8H2,1-3H3. The summed E-state index contributed by atoms with van der Waals surface area (Å²) in [4.78, 5) is 4.31. The maximum atomic E-state index is 5.34. The first-order chi connectivity index (χ1) is 9.65. The highest BCUT2D eigenvalue weighted by Crippen LogP contribution is 2.36. The van der Waals surface area contributed by atoms with E-state index in [4.69, 9.17) is 9.47 Å². The number of methoxy groups -OCH3 is 2. The van der Waals surface area contributed by atoms with Gasteiger partial charge in [0.2, 0.25) is 0 Å². The third kappa shape index (κ3) is 3.50. The van der Waals surface area contributed by atoms with Crippen molar-refractivity contribution in [1.29, 1.82) is 0 Å². The minimum Gasteiger partial charge on any atom is -0.493 e. The van der Waals surface area contributed by atoms with E-state index in [1.807, 2.05) is 23.7 Å². The summed E-state index contributed by atoms with van der Waals surface area (Å²) in [5.41, 5.74) is 1.12. The lowest BCUT2D eigenvalue weighted by Gasteiger charge is -2.14. The third-order valence-electron chi connectivity index (χ3n) is 2.93. The molecule has 0 radical (unpaired) electrons. The molecule has 20 heavy (non-hydrogen) atoms. The summed E-state index contributed by atoms with van der Waals surface area (Å²) in [6, 6.07) is 4.23. The van der Waals surface area contributed by atoms with Crippen molar-refractivity contribution >= 4 is 27.3 Å². The lowest BCUT2D eigenvalue weighted by molar-refractivity contribution is 0.352. The molecule has 1 N–H and O–H groups in total. The van der Waals surface area contributed by atoms with Gasteiger partial charge in [-0.05, 0) is 40.5 Å². The molecule has 0 aliphatic rings. The van der Waals surface area contributed by atoms with Crippen LogP contribution in [0.1, 0.15) is 23.5 Å². The van der Waals surface area contributed by atoms with E-state index in [0.717, 1.165) is 27.3 Å². The smallest absolute Gasteiger partial charge is 0.174 e. The molecule has 2 aromatic rings.